The van der Waals surface area contributed by atoms with Crippen LogP contribution in [0.4, 0.5) is 0 Å². The van der Waals surface area contributed by atoms with Crippen molar-refractivity contribution in [3.8, 4) is 0 Å². The van der Waals surface area contributed by atoms with Crippen molar-refractivity contribution in [2.45, 2.75) is 57.7 Å². The van der Waals surface area contributed by atoms with Crippen molar-refractivity contribution < 1.29 is 9.84 Å². The molecule has 1 saturated heterocycles. The minimum atomic E-state index is -0.134. The third kappa shape index (κ3) is 2.20. The molecule has 1 heterocycles. The largest absolute Gasteiger partial charge is 0.393 e. The molecule has 72 valence electrons. The van der Waals surface area contributed by atoms with Crippen LogP contribution < -0.4 is 0 Å². The molecule has 0 aromatic rings. The van der Waals surface area contributed by atoms with Gasteiger partial charge in [0.2, 0.25) is 0 Å². The smallest absolute Gasteiger partial charge is 0.0704 e. The second-order valence-corrected chi connectivity index (χ2v) is 3.78. The predicted molar refractivity (Wildman–Crippen MR) is 49.1 cm³/mol. The molecule has 0 aromatic heterocycles. The second kappa shape index (κ2) is 4.24. The molecule has 2 heteroatoms. The topological polar surface area (TPSA) is 29.5 Å². The molecule has 1 fully saturated rings. The van der Waals surface area contributed by atoms with Gasteiger partial charge in [0.1, 0.15) is 0 Å². The van der Waals surface area contributed by atoms with Crippen LogP contribution in [0.25, 0.3) is 0 Å². The van der Waals surface area contributed by atoms with Crippen LogP contribution in [-0.4, -0.2) is 23.4 Å². The third-order valence-corrected chi connectivity index (χ3v) is 2.82. The molecule has 0 amide bonds. The molecule has 1 N–H and O–H groups in total. The number of aliphatic hydroxyl groups excluding tert-OH is 1. The SMILES string of the molecule is CCCC1(CC)CC(O)CCO1. The zero-order valence-corrected chi connectivity index (χ0v) is 8.18. The summed E-state index contributed by atoms with van der Waals surface area (Å²) in [5.41, 5.74) is -0.00752. The van der Waals surface area contributed by atoms with Crippen molar-refractivity contribution in [1.29, 1.82) is 0 Å². The Balaban J connectivity index is 2.51. The average Bonchev–Trinajstić information content (AvgIpc) is 2.05. The lowest BCUT2D eigenvalue weighted by atomic mass is 9.86. The first-order chi connectivity index (χ1) is 5.72. The summed E-state index contributed by atoms with van der Waals surface area (Å²) in [6.45, 7) is 5.05. The van der Waals surface area contributed by atoms with E-state index in [4.69, 9.17) is 4.74 Å². The van der Waals surface area contributed by atoms with Gasteiger partial charge < -0.3 is 9.84 Å². The van der Waals surface area contributed by atoms with Gasteiger partial charge in [-0.3, -0.25) is 0 Å². The van der Waals surface area contributed by atoms with Gasteiger partial charge in [-0.15, -0.1) is 0 Å². The van der Waals surface area contributed by atoms with Gasteiger partial charge in [-0.1, -0.05) is 20.3 Å². The minimum absolute atomic E-state index is 0.00752. The predicted octanol–water partition coefficient (Wildman–Crippen LogP) is 2.11. The first-order valence-corrected chi connectivity index (χ1v) is 5.04. The van der Waals surface area contributed by atoms with Gasteiger partial charge in [-0.25, -0.2) is 0 Å². The second-order valence-electron chi connectivity index (χ2n) is 3.78. The van der Waals surface area contributed by atoms with Gasteiger partial charge in [0.05, 0.1) is 11.7 Å². The molecule has 1 aliphatic heterocycles. The molecule has 2 nitrogen and oxygen atoms in total. The number of hydrogen-bond donors (Lipinski definition) is 1. The molecule has 0 saturated carbocycles. The highest BCUT2D eigenvalue weighted by molar-refractivity contribution is 4.85. The van der Waals surface area contributed by atoms with E-state index in [1.807, 2.05) is 0 Å². The summed E-state index contributed by atoms with van der Waals surface area (Å²) in [5, 5.41) is 9.52. The van der Waals surface area contributed by atoms with E-state index in [0.29, 0.717) is 0 Å². The van der Waals surface area contributed by atoms with Gasteiger partial charge in [-0.2, -0.15) is 0 Å². The van der Waals surface area contributed by atoms with E-state index in [9.17, 15) is 5.11 Å². The van der Waals surface area contributed by atoms with Gasteiger partial charge in [-0.05, 0) is 19.3 Å². The zero-order chi connectivity index (χ0) is 9.03. The third-order valence-electron chi connectivity index (χ3n) is 2.82. The molecule has 0 spiro atoms. The van der Waals surface area contributed by atoms with Crippen molar-refractivity contribution in [2.24, 2.45) is 0 Å². The monoisotopic (exact) mass is 172 g/mol. The van der Waals surface area contributed by atoms with Crippen LogP contribution in [0.2, 0.25) is 0 Å². The summed E-state index contributed by atoms with van der Waals surface area (Å²) in [6, 6.07) is 0. The Bertz CT molecular complexity index is 132. The number of hydrogen-bond acceptors (Lipinski definition) is 2. The first-order valence-electron chi connectivity index (χ1n) is 5.04. The Hall–Kier alpha value is -0.0800. The minimum Gasteiger partial charge on any atom is -0.393 e. The molecular formula is C10H20O2. The summed E-state index contributed by atoms with van der Waals surface area (Å²) in [5.74, 6) is 0. The number of ether oxygens (including phenoxy) is 1. The Kier molecular flexibility index (Phi) is 3.53. The fourth-order valence-electron chi connectivity index (χ4n) is 2.05. The molecule has 0 aromatic carbocycles. The molecular weight excluding hydrogens is 152 g/mol. The highest BCUT2D eigenvalue weighted by atomic mass is 16.5. The summed E-state index contributed by atoms with van der Waals surface area (Å²) >= 11 is 0. The Morgan fingerprint density at radius 3 is 2.75 bits per heavy atom. The number of rotatable bonds is 3. The van der Waals surface area contributed by atoms with Gasteiger partial charge in [0.25, 0.3) is 0 Å². The van der Waals surface area contributed by atoms with Gasteiger partial charge in [0, 0.05) is 13.0 Å². The van der Waals surface area contributed by atoms with E-state index in [0.717, 1.165) is 38.7 Å². The van der Waals surface area contributed by atoms with Crippen LogP contribution in [-0.2, 0) is 4.74 Å². The van der Waals surface area contributed by atoms with Crippen molar-refractivity contribution >= 4 is 0 Å². The first kappa shape index (κ1) is 10.0. The summed E-state index contributed by atoms with van der Waals surface area (Å²) < 4.78 is 5.77. The van der Waals surface area contributed by atoms with Crippen molar-refractivity contribution in [3.63, 3.8) is 0 Å². The lowest BCUT2D eigenvalue weighted by molar-refractivity contribution is -0.124. The highest BCUT2D eigenvalue weighted by Crippen LogP contribution is 2.32. The van der Waals surface area contributed by atoms with Crippen LogP contribution in [0.5, 0.6) is 0 Å². The maximum absolute atomic E-state index is 9.52. The standard InChI is InChI=1S/C10H20O2/c1-3-6-10(4-2)8-9(11)5-7-12-10/h9,11H,3-8H2,1-2H3. The van der Waals surface area contributed by atoms with Crippen LogP contribution >= 0.6 is 0 Å². The molecule has 1 rings (SSSR count). The Morgan fingerprint density at radius 2 is 2.25 bits per heavy atom. The highest BCUT2D eigenvalue weighted by Gasteiger charge is 2.34. The summed E-state index contributed by atoms with van der Waals surface area (Å²) in [4.78, 5) is 0. The summed E-state index contributed by atoms with van der Waals surface area (Å²) in [6.07, 6.45) is 4.76. The average molecular weight is 172 g/mol. The molecule has 1 aliphatic rings. The lowest BCUT2D eigenvalue weighted by Gasteiger charge is -2.38. The Labute approximate surface area is 74.9 Å². The van der Waals surface area contributed by atoms with E-state index >= 15 is 0 Å². The van der Waals surface area contributed by atoms with Gasteiger partial charge >= 0.3 is 0 Å². The van der Waals surface area contributed by atoms with E-state index in [2.05, 4.69) is 13.8 Å². The molecule has 2 unspecified atom stereocenters. The van der Waals surface area contributed by atoms with Crippen molar-refractivity contribution in [2.75, 3.05) is 6.61 Å². The fraction of sp³-hybridized carbons (Fsp3) is 1.00. The van der Waals surface area contributed by atoms with E-state index in [1.165, 1.54) is 0 Å². The van der Waals surface area contributed by atoms with Crippen molar-refractivity contribution in [1.82, 2.24) is 0 Å². The van der Waals surface area contributed by atoms with E-state index in [1.54, 1.807) is 0 Å². The molecule has 0 radical (unpaired) electrons. The maximum atomic E-state index is 9.52. The van der Waals surface area contributed by atoms with Crippen molar-refractivity contribution in [3.05, 3.63) is 0 Å². The zero-order valence-electron chi connectivity index (χ0n) is 8.18. The number of aliphatic hydroxyl groups is 1. The van der Waals surface area contributed by atoms with Crippen LogP contribution in [0.3, 0.4) is 0 Å². The lowest BCUT2D eigenvalue weighted by Crippen LogP contribution is -2.41. The van der Waals surface area contributed by atoms with E-state index < -0.39 is 0 Å². The molecule has 2 atom stereocenters. The summed E-state index contributed by atoms with van der Waals surface area (Å²) in [7, 11) is 0. The molecule has 0 aliphatic carbocycles. The normalized spacial score (nSPS) is 36.8. The van der Waals surface area contributed by atoms with Crippen LogP contribution in [0.15, 0.2) is 0 Å². The van der Waals surface area contributed by atoms with Gasteiger partial charge in [0.15, 0.2) is 0 Å². The fourth-order valence-corrected chi connectivity index (χ4v) is 2.05. The Morgan fingerprint density at radius 1 is 1.50 bits per heavy atom. The van der Waals surface area contributed by atoms with Crippen LogP contribution in [0, 0.1) is 0 Å². The molecule has 0 bridgehead atoms. The quantitative estimate of drug-likeness (QED) is 0.706. The maximum Gasteiger partial charge on any atom is 0.0704 e. The van der Waals surface area contributed by atoms with E-state index in [-0.39, 0.29) is 11.7 Å². The molecule has 12 heavy (non-hydrogen) atoms. The van der Waals surface area contributed by atoms with Crippen LogP contribution in [0.1, 0.15) is 46.0 Å².